The van der Waals surface area contributed by atoms with Gasteiger partial charge in [0, 0.05) is 0 Å². The number of halogens is 7. The second kappa shape index (κ2) is 2.88. The summed E-state index contributed by atoms with van der Waals surface area (Å²) in [6.45, 7) is 2.78. The molecule has 0 spiro atoms. The van der Waals surface area contributed by atoms with Crippen LogP contribution in [-0.2, 0) is 0 Å². The number of hydrogen-bond acceptors (Lipinski definition) is 0. The van der Waals surface area contributed by atoms with Crippen molar-refractivity contribution in [1.29, 1.82) is 0 Å². The van der Waals surface area contributed by atoms with Gasteiger partial charge in [0.1, 0.15) is 0 Å². The molecule has 0 fully saturated rings. The van der Waals surface area contributed by atoms with Crippen LogP contribution in [0.1, 0.15) is 6.92 Å². The van der Waals surface area contributed by atoms with Crippen molar-refractivity contribution >= 4 is 0 Å². The standard InChI is InChI=1S/C6H5F7/c1-3(2)4(7,8)5(9,10)6(11,12)13/h1H2,2H3. The fourth-order valence-corrected chi connectivity index (χ4v) is 0.446. The van der Waals surface area contributed by atoms with Gasteiger partial charge in [0.25, 0.3) is 0 Å². The quantitative estimate of drug-likeness (QED) is 0.484. The van der Waals surface area contributed by atoms with Gasteiger partial charge in [-0.2, -0.15) is 30.7 Å². The predicted molar refractivity (Wildman–Crippen MR) is 30.8 cm³/mol. The molecule has 0 N–H and O–H groups in total. The van der Waals surface area contributed by atoms with Crippen molar-refractivity contribution in [2.75, 3.05) is 0 Å². The van der Waals surface area contributed by atoms with Crippen LogP contribution in [0, 0.1) is 0 Å². The van der Waals surface area contributed by atoms with Gasteiger partial charge in [-0.05, 0) is 12.5 Å². The van der Waals surface area contributed by atoms with Gasteiger partial charge in [0.2, 0.25) is 0 Å². The van der Waals surface area contributed by atoms with Gasteiger partial charge < -0.3 is 0 Å². The molecule has 0 nitrogen and oxygen atoms in total. The van der Waals surface area contributed by atoms with E-state index in [1.807, 2.05) is 0 Å². The molecule has 0 unspecified atom stereocenters. The third-order valence-corrected chi connectivity index (χ3v) is 1.29. The van der Waals surface area contributed by atoms with Gasteiger partial charge in [-0.1, -0.05) is 6.58 Å². The van der Waals surface area contributed by atoms with E-state index in [9.17, 15) is 30.7 Å². The summed E-state index contributed by atoms with van der Waals surface area (Å²) in [6, 6.07) is 0. The second-order valence-electron chi connectivity index (χ2n) is 2.43. The van der Waals surface area contributed by atoms with Crippen LogP contribution in [-0.4, -0.2) is 18.0 Å². The fraction of sp³-hybridized carbons (Fsp3) is 0.667. The molecular weight excluding hydrogens is 205 g/mol. The Morgan fingerprint density at radius 1 is 0.923 bits per heavy atom. The summed E-state index contributed by atoms with van der Waals surface area (Å²) in [7, 11) is 0. The highest BCUT2D eigenvalue weighted by Crippen LogP contribution is 2.49. The summed E-state index contributed by atoms with van der Waals surface area (Å²) >= 11 is 0. The maximum atomic E-state index is 12.3. The van der Waals surface area contributed by atoms with Crippen LogP contribution >= 0.6 is 0 Å². The maximum absolute atomic E-state index is 12.3. The lowest BCUT2D eigenvalue weighted by molar-refractivity contribution is -0.344. The molecule has 0 radical (unpaired) electrons. The highest BCUT2D eigenvalue weighted by molar-refractivity contribution is 5.12. The summed E-state index contributed by atoms with van der Waals surface area (Å²) in [4.78, 5) is 0. The molecule has 0 amide bonds. The summed E-state index contributed by atoms with van der Waals surface area (Å²) < 4.78 is 82.8. The molecule has 0 aromatic carbocycles. The van der Waals surface area contributed by atoms with Crippen LogP contribution in [0.2, 0.25) is 0 Å². The van der Waals surface area contributed by atoms with E-state index in [-0.39, 0.29) is 0 Å². The van der Waals surface area contributed by atoms with Gasteiger partial charge in [0.15, 0.2) is 0 Å². The van der Waals surface area contributed by atoms with Crippen molar-refractivity contribution in [3.63, 3.8) is 0 Å². The molecule has 0 aliphatic heterocycles. The smallest absolute Gasteiger partial charge is 0.194 e. The average molecular weight is 210 g/mol. The minimum Gasteiger partial charge on any atom is -0.194 e. The average Bonchev–Trinajstić information content (AvgIpc) is 1.84. The predicted octanol–water partition coefficient (Wildman–Crippen LogP) is 3.40. The lowest BCUT2D eigenvalue weighted by Crippen LogP contribution is -2.52. The zero-order valence-corrected chi connectivity index (χ0v) is 6.35. The number of alkyl halides is 7. The van der Waals surface area contributed by atoms with E-state index in [0.717, 1.165) is 0 Å². The third-order valence-electron chi connectivity index (χ3n) is 1.29. The van der Waals surface area contributed by atoms with Crippen molar-refractivity contribution < 1.29 is 30.7 Å². The lowest BCUT2D eigenvalue weighted by atomic mass is 10.1. The first-order valence-corrected chi connectivity index (χ1v) is 2.93. The Kier molecular flexibility index (Phi) is 2.72. The number of hydrogen-bond donors (Lipinski definition) is 0. The molecule has 0 aromatic rings. The molecule has 0 heterocycles. The summed E-state index contributed by atoms with van der Waals surface area (Å²) in [5, 5.41) is 0. The Morgan fingerprint density at radius 3 is 1.31 bits per heavy atom. The molecule has 0 aliphatic carbocycles. The highest BCUT2D eigenvalue weighted by atomic mass is 19.4. The van der Waals surface area contributed by atoms with E-state index in [0.29, 0.717) is 6.92 Å². The maximum Gasteiger partial charge on any atom is 0.460 e. The topological polar surface area (TPSA) is 0 Å². The van der Waals surface area contributed by atoms with Crippen molar-refractivity contribution in [3.05, 3.63) is 12.2 Å². The molecular formula is C6H5F7. The SMILES string of the molecule is C=C(C)C(F)(F)C(F)(F)C(F)(F)F. The van der Waals surface area contributed by atoms with Crippen molar-refractivity contribution in [2.45, 2.75) is 24.9 Å². The molecule has 13 heavy (non-hydrogen) atoms. The number of allylic oxidation sites excluding steroid dienone is 1. The van der Waals surface area contributed by atoms with Crippen LogP contribution in [0.15, 0.2) is 12.2 Å². The molecule has 78 valence electrons. The molecule has 0 aliphatic rings. The van der Waals surface area contributed by atoms with Gasteiger partial charge in [-0.3, -0.25) is 0 Å². The van der Waals surface area contributed by atoms with Crippen LogP contribution in [0.3, 0.4) is 0 Å². The van der Waals surface area contributed by atoms with Gasteiger partial charge in [-0.25, -0.2) is 0 Å². The van der Waals surface area contributed by atoms with Crippen molar-refractivity contribution in [3.8, 4) is 0 Å². The lowest BCUT2D eigenvalue weighted by Gasteiger charge is -2.28. The van der Waals surface area contributed by atoms with Gasteiger partial charge in [-0.15, -0.1) is 0 Å². The molecule has 0 bridgehead atoms. The Balaban J connectivity index is 5.16. The largest absolute Gasteiger partial charge is 0.460 e. The monoisotopic (exact) mass is 210 g/mol. The molecule has 0 atom stereocenters. The molecule has 7 heteroatoms. The zero-order valence-electron chi connectivity index (χ0n) is 6.35. The van der Waals surface area contributed by atoms with E-state index >= 15 is 0 Å². The van der Waals surface area contributed by atoms with Gasteiger partial charge in [0.05, 0.1) is 0 Å². The Bertz CT molecular complexity index is 212. The Hall–Kier alpha value is -0.750. The second-order valence-corrected chi connectivity index (χ2v) is 2.43. The first-order chi connectivity index (χ1) is 5.44. The summed E-state index contributed by atoms with van der Waals surface area (Å²) in [6.07, 6.45) is -6.28. The van der Waals surface area contributed by atoms with Crippen LogP contribution in [0.4, 0.5) is 30.7 Å². The van der Waals surface area contributed by atoms with Crippen molar-refractivity contribution in [1.82, 2.24) is 0 Å². The molecule has 0 saturated heterocycles. The highest BCUT2D eigenvalue weighted by Gasteiger charge is 2.73. The van der Waals surface area contributed by atoms with E-state index in [1.54, 1.807) is 0 Å². The molecule has 0 rings (SSSR count). The van der Waals surface area contributed by atoms with Crippen molar-refractivity contribution in [2.24, 2.45) is 0 Å². The van der Waals surface area contributed by atoms with Crippen LogP contribution in [0.25, 0.3) is 0 Å². The first kappa shape index (κ1) is 12.2. The Labute approximate surface area is 69.0 Å². The van der Waals surface area contributed by atoms with Gasteiger partial charge >= 0.3 is 18.0 Å². The molecule has 0 aromatic heterocycles. The number of rotatable bonds is 2. The Morgan fingerprint density at radius 2 is 1.23 bits per heavy atom. The fourth-order valence-electron chi connectivity index (χ4n) is 0.446. The van der Waals surface area contributed by atoms with E-state index in [1.165, 1.54) is 0 Å². The van der Waals surface area contributed by atoms with E-state index < -0.39 is 23.6 Å². The third kappa shape index (κ3) is 1.78. The zero-order chi connectivity index (χ0) is 11.1. The minimum atomic E-state index is -6.28. The minimum absolute atomic E-state index is 0.402. The van der Waals surface area contributed by atoms with E-state index in [4.69, 9.17) is 0 Å². The molecule has 0 saturated carbocycles. The summed E-state index contributed by atoms with van der Waals surface area (Å²) in [5.41, 5.74) is -1.53. The van der Waals surface area contributed by atoms with Crippen LogP contribution in [0.5, 0.6) is 0 Å². The van der Waals surface area contributed by atoms with Crippen LogP contribution < -0.4 is 0 Å². The first-order valence-electron chi connectivity index (χ1n) is 2.93. The normalized spacial score (nSPS) is 14.5. The van der Waals surface area contributed by atoms with E-state index in [2.05, 4.69) is 6.58 Å². The summed E-state index contributed by atoms with van der Waals surface area (Å²) in [5.74, 6) is -11.4.